The number of carbonyl (C=O) groups is 3. The molecular formula is C24H19N2O5P. The molecule has 1 aliphatic heterocycles. The minimum atomic E-state index is -0.495. The second-order valence-corrected chi connectivity index (χ2v) is 7.54. The van der Waals surface area contributed by atoms with E-state index in [0.29, 0.717) is 33.8 Å². The molecular weight excluding hydrogens is 427 g/mol. The Morgan fingerprint density at radius 1 is 1.00 bits per heavy atom. The maximum Gasteiger partial charge on any atom is 0.337 e. The number of anilines is 2. The summed E-state index contributed by atoms with van der Waals surface area (Å²) in [6, 6.07) is 18.8. The summed E-state index contributed by atoms with van der Waals surface area (Å²) in [7, 11) is 3.87. The molecule has 2 N–H and O–H groups in total. The number of hydrogen-bond donors (Lipinski definition) is 2. The lowest BCUT2D eigenvalue weighted by molar-refractivity contribution is -0.110. The van der Waals surface area contributed by atoms with E-state index in [-0.39, 0.29) is 17.4 Å². The van der Waals surface area contributed by atoms with Crippen LogP contribution in [0.5, 0.6) is 5.75 Å². The van der Waals surface area contributed by atoms with E-state index in [1.54, 1.807) is 42.5 Å². The van der Waals surface area contributed by atoms with Crippen molar-refractivity contribution in [2.75, 3.05) is 17.7 Å². The molecule has 8 heteroatoms. The van der Waals surface area contributed by atoms with Gasteiger partial charge in [-0.05, 0) is 53.8 Å². The van der Waals surface area contributed by atoms with Gasteiger partial charge in [0.1, 0.15) is 12.0 Å². The smallest absolute Gasteiger partial charge is 0.337 e. The van der Waals surface area contributed by atoms with E-state index >= 15 is 0 Å². The quantitative estimate of drug-likeness (QED) is 0.270. The van der Waals surface area contributed by atoms with E-state index in [4.69, 9.17) is 9.47 Å². The number of benzene rings is 3. The minimum Gasteiger partial charge on any atom is -0.465 e. The third-order valence-corrected chi connectivity index (χ3v) is 5.37. The molecule has 0 spiro atoms. The molecule has 1 heterocycles. The lowest BCUT2D eigenvalue weighted by Gasteiger charge is -2.08. The van der Waals surface area contributed by atoms with E-state index in [0.717, 1.165) is 5.30 Å². The number of fused-ring (bicyclic) bond motifs is 1. The zero-order valence-corrected chi connectivity index (χ0v) is 18.2. The predicted octanol–water partition coefficient (Wildman–Crippen LogP) is 3.60. The van der Waals surface area contributed by atoms with Gasteiger partial charge in [-0.1, -0.05) is 18.2 Å². The van der Waals surface area contributed by atoms with Gasteiger partial charge in [0, 0.05) is 22.5 Å². The number of amides is 2. The Morgan fingerprint density at radius 3 is 2.44 bits per heavy atom. The van der Waals surface area contributed by atoms with Crippen LogP contribution in [-0.2, 0) is 9.53 Å². The lowest BCUT2D eigenvalue weighted by atomic mass is 10.1. The second kappa shape index (κ2) is 9.04. The molecule has 3 aromatic carbocycles. The monoisotopic (exact) mass is 446 g/mol. The molecule has 0 saturated carbocycles. The SMILES string of the molecule is COC(=O)c1ccc2c(c1)C(=COc1ccc(C(=O)Nc3ccccc3P)cc1)C(=O)N2. The highest BCUT2D eigenvalue weighted by Gasteiger charge is 2.26. The molecule has 1 atom stereocenters. The van der Waals surface area contributed by atoms with Crippen molar-refractivity contribution < 1.29 is 23.9 Å². The Kier molecular flexibility index (Phi) is 6.01. The molecule has 160 valence electrons. The van der Waals surface area contributed by atoms with Crippen molar-refractivity contribution >= 4 is 49.3 Å². The highest BCUT2D eigenvalue weighted by Crippen LogP contribution is 2.33. The second-order valence-electron chi connectivity index (χ2n) is 6.92. The molecule has 0 aromatic heterocycles. The summed E-state index contributed by atoms with van der Waals surface area (Å²) in [6.07, 6.45) is 1.32. The summed E-state index contributed by atoms with van der Waals surface area (Å²) < 4.78 is 10.4. The first-order valence-corrected chi connectivity index (χ1v) is 10.2. The molecule has 3 aromatic rings. The van der Waals surface area contributed by atoms with Gasteiger partial charge >= 0.3 is 5.97 Å². The van der Waals surface area contributed by atoms with Gasteiger partial charge in [0.05, 0.1) is 18.2 Å². The van der Waals surface area contributed by atoms with Gasteiger partial charge in [-0.15, -0.1) is 9.24 Å². The molecule has 7 nitrogen and oxygen atoms in total. The Morgan fingerprint density at radius 2 is 1.72 bits per heavy atom. The van der Waals surface area contributed by atoms with Crippen LogP contribution >= 0.6 is 9.24 Å². The van der Waals surface area contributed by atoms with Crippen molar-refractivity contribution in [3.05, 3.63) is 89.7 Å². The average Bonchev–Trinajstić information content (AvgIpc) is 3.13. The standard InChI is InChI=1S/C24H19N2O5P/c1-30-24(29)15-8-11-19-17(12-15)18(23(28)25-19)13-31-16-9-6-14(7-10-16)22(27)26-20-4-2-3-5-21(20)32/h2-13H,32H2,1H3,(H,25,28)(H,26,27). The van der Waals surface area contributed by atoms with E-state index in [2.05, 4.69) is 19.9 Å². The van der Waals surface area contributed by atoms with Crippen LogP contribution in [0.3, 0.4) is 0 Å². The van der Waals surface area contributed by atoms with Crippen LogP contribution in [0.4, 0.5) is 11.4 Å². The van der Waals surface area contributed by atoms with Crippen LogP contribution in [0.1, 0.15) is 26.3 Å². The number of para-hydroxylation sites is 1. The van der Waals surface area contributed by atoms with Crippen LogP contribution in [-0.4, -0.2) is 24.9 Å². The molecule has 32 heavy (non-hydrogen) atoms. The van der Waals surface area contributed by atoms with E-state index in [9.17, 15) is 14.4 Å². The van der Waals surface area contributed by atoms with Crippen LogP contribution < -0.4 is 20.7 Å². The first-order valence-electron chi connectivity index (χ1n) is 9.63. The summed E-state index contributed by atoms with van der Waals surface area (Å²) in [4.78, 5) is 36.6. The van der Waals surface area contributed by atoms with E-state index < -0.39 is 5.97 Å². The number of esters is 1. The van der Waals surface area contributed by atoms with Crippen molar-refractivity contribution in [3.63, 3.8) is 0 Å². The fraction of sp³-hybridized carbons (Fsp3) is 0.0417. The van der Waals surface area contributed by atoms with Crippen LogP contribution in [0.15, 0.2) is 73.0 Å². The van der Waals surface area contributed by atoms with Gasteiger partial charge in [0.15, 0.2) is 0 Å². The highest BCUT2D eigenvalue weighted by atomic mass is 31.0. The minimum absolute atomic E-state index is 0.246. The van der Waals surface area contributed by atoms with Gasteiger partial charge in [0.2, 0.25) is 0 Å². The van der Waals surface area contributed by atoms with Gasteiger partial charge in [-0.2, -0.15) is 0 Å². The number of rotatable bonds is 5. The Labute approximate surface area is 186 Å². The van der Waals surface area contributed by atoms with Crippen LogP contribution in [0.25, 0.3) is 5.57 Å². The predicted molar refractivity (Wildman–Crippen MR) is 125 cm³/mol. The van der Waals surface area contributed by atoms with Gasteiger partial charge in [-0.25, -0.2) is 4.79 Å². The molecule has 0 saturated heterocycles. The fourth-order valence-electron chi connectivity index (χ4n) is 3.17. The molecule has 1 aliphatic rings. The average molecular weight is 446 g/mol. The van der Waals surface area contributed by atoms with Gasteiger partial charge in [0.25, 0.3) is 11.8 Å². The van der Waals surface area contributed by atoms with Gasteiger partial charge in [-0.3, -0.25) is 9.59 Å². The number of methoxy groups -OCH3 is 1. The van der Waals surface area contributed by atoms with Gasteiger partial charge < -0.3 is 20.1 Å². The number of ether oxygens (including phenoxy) is 2. The normalized spacial score (nSPS) is 13.3. The summed E-state index contributed by atoms with van der Waals surface area (Å²) in [5, 5.41) is 6.47. The van der Waals surface area contributed by atoms with Crippen molar-refractivity contribution in [2.24, 2.45) is 0 Å². The highest BCUT2D eigenvalue weighted by molar-refractivity contribution is 7.28. The molecule has 0 fully saturated rings. The Bertz CT molecular complexity index is 1250. The van der Waals surface area contributed by atoms with Crippen molar-refractivity contribution in [3.8, 4) is 5.75 Å². The fourth-order valence-corrected chi connectivity index (χ4v) is 3.45. The molecule has 2 amide bonds. The Balaban J connectivity index is 1.49. The first kappa shape index (κ1) is 21.3. The Hall–Kier alpha value is -3.96. The molecule has 1 unspecified atom stereocenters. The van der Waals surface area contributed by atoms with Crippen LogP contribution in [0, 0.1) is 0 Å². The van der Waals surface area contributed by atoms with E-state index in [1.807, 2.05) is 24.3 Å². The third-order valence-electron chi connectivity index (χ3n) is 4.86. The topological polar surface area (TPSA) is 93.7 Å². The number of hydrogen-bond acceptors (Lipinski definition) is 5. The molecule has 0 bridgehead atoms. The zero-order valence-electron chi connectivity index (χ0n) is 17.0. The maximum atomic E-state index is 12.5. The number of nitrogens with one attached hydrogen (secondary N) is 2. The lowest BCUT2D eigenvalue weighted by Crippen LogP contribution is -2.15. The largest absolute Gasteiger partial charge is 0.465 e. The summed E-state index contributed by atoms with van der Waals surface area (Å²) in [6.45, 7) is 0. The maximum absolute atomic E-state index is 12.5. The molecule has 4 rings (SSSR count). The van der Waals surface area contributed by atoms with Crippen molar-refractivity contribution in [1.82, 2.24) is 0 Å². The van der Waals surface area contributed by atoms with E-state index in [1.165, 1.54) is 13.4 Å². The summed E-state index contributed by atoms with van der Waals surface area (Å²) in [5.74, 6) is -0.630. The molecule has 0 radical (unpaired) electrons. The van der Waals surface area contributed by atoms with Crippen molar-refractivity contribution in [1.29, 1.82) is 0 Å². The third kappa shape index (κ3) is 4.38. The summed E-state index contributed by atoms with van der Waals surface area (Å²) in [5.41, 5.74) is 2.92. The molecule has 0 aliphatic carbocycles. The summed E-state index contributed by atoms with van der Waals surface area (Å²) >= 11 is 0. The number of carbonyl (C=O) groups excluding carboxylic acids is 3. The zero-order chi connectivity index (χ0) is 22.7. The van der Waals surface area contributed by atoms with Crippen LogP contribution in [0.2, 0.25) is 0 Å². The first-order chi connectivity index (χ1) is 15.5. The van der Waals surface area contributed by atoms with Crippen molar-refractivity contribution in [2.45, 2.75) is 0 Å².